The highest BCUT2D eigenvalue weighted by Crippen LogP contribution is 2.34. The van der Waals surface area contributed by atoms with E-state index < -0.39 is 0 Å². The van der Waals surface area contributed by atoms with Crippen LogP contribution < -0.4 is 5.32 Å². The normalized spacial score (nSPS) is 18.5. The number of rotatable bonds is 7. The second kappa shape index (κ2) is 8.29. The second-order valence-corrected chi connectivity index (χ2v) is 5.54. The molecule has 2 N–H and O–H groups in total. The lowest BCUT2D eigenvalue weighted by Crippen LogP contribution is -2.23. The fraction of sp³-hybridized carbons (Fsp3) is 0.389. The first-order valence-corrected chi connectivity index (χ1v) is 8.05. The van der Waals surface area contributed by atoms with Gasteiger partial charge >= 0.3 is 0 Å². The SMILES string of the molecule is CCON=C(CC)C1=C(O)CC(c2ccc(NC=O)cc2)CC1=O. The molecule has 0 saturated carbocycles. The quantitative estimate of drug-likeness (QED) is 0.456. The Kier molecular flexibility index (Phi) is 6.12. The maximum absolute atomic E-state index is 12.5. The first-order valence-electron chi connectivity index (χ1n) is 8.05. The number of aliphatic hydroxyl groups is 1. The van der Waals surface area contributed by atoms with Crippen molar-refractivity contribution in [3.63, 3.8) is 0 Å². The Hall–Kier alpha value is -2.63. The molecule has 2 rings (SSSR count). The van der Waals surface area contributed by atoms with Crippen LogP contribution in [-0.4, -0.2) is 29.6 Å². The summed E-state index contributed by atoms with van der Waals surface area (Å²) in [4.78, 5) is 28.0. The number of nitrogens with one attached hydrogen (secondary N) is 1. The molecule has 128 valence electrons. The Labute approximate surface area is 141 Å². The summed E-state index contributed by atoms with van der Waals surface area (Å²) in [7, 11) is 0. The smallest absolute Gasteiger partial charge is 0.211 e. The average molecular weight is 330 g/mol. The lowest BCUT2D eigenvalue weighted by molar-refractivity contribution is -0.116. The molecule has 0 bridgehead atoms. The zero-order chi connectivity index (χ0) is 17.5. The number of allylic oxidation sites excluding steroid dienone is 2. The highest BCUT2D eigenvalue weighted by molar-refractivity contribution is 6.23. The van der Waals surface area contributed by atoms with Gasteiger partial charge in [-0.05, 0) is 37.0 Å². The van der Waals surface area contributed by atoms with Crippen molar-refractivity contribution in [2.75, 3.05) is 11.9 Å². The van der Waals surface area contributed by atoms with E-state index in [1.807, 2.05) is 26.0 Å². The number of nitrogens with zero attached hydrogens (tertiary/aromatic N) is 1. The van der Waals surface area contributed by atoms with Crippen molar-refractivity contribution < 1.29 is 19.5 Å². The molecule has 1 aromatic carbocycles. The molecule has 6 heteroatoms. The van der Waals surface area contributed by atoms with Crippen LogP contribution in [0.3, 0.4) is 0 Å². The molecule has 1 amide bonds. The molecule has 1 aliphatic rings. The second-order valence-electron chi connectivity index (χ2n) is 5.54. The summed E-state index contributed by atoms with van der Waals surface area (Å²) in [5.41, 5.74) is 2.42. The van der Waals surface area contributed by atoms with E-state index in [-0.39, 0.29) is 17.5 Å². The summed E-state index contributed by atoms with van der Waals surface area (Å²) in [5, 5.41) is 16.9. The number of Topliss-reactive ketones (excluding diaryl/α,β-unsaturated/α-hetero) is 1. The molecule has 0 aromatic heterocycles. The van der Waals surface area contributed by atoms with Gasteiger partial charge in [-0.3, -0.25) is 9.59 Å². The van der Waals surface area contributed by atoms with Gasteiger partial charge in [0.1, 0.15) is 12.4 Å². The van der Waals surface area contributed by atoms with E-state index >= 15 is 0 Å². The van der Waals surface area contributed by atoms with Crippen LogP contribution in [-0.2, 0) is 14.4 Å². The van der Waals surface area contributed by atoms with Crippen molar-refractivity contribution >= 4 is 23.6 Å². The van der Waals surface area contributed by atoms with Crippen LogP contribution in [0.1, 0.15) is 44.6 Å². The maximum Gasteiger partial charge on any atom is 0.211 e. The van der Waals surface area contributed by atoms with Crippen LogP contribution in [0.4, 0.5) is 5.69 Å². The van der Waals surface area contributed by atoms with Crippen LogP contribution in [0.15, 0.2) is 40.8 Å². The first kappa shape index (κ1) is 17.7. The number of oxime groups is 1. The maximum atomic E-state index is 12.5. The van der Waals surface area contributed by atoms with E-state index in [9.17, 15) is 14.7 Å². The third-order valence-corrected chi connectivity index (χ3v) is 3.97. The summed E-state index contributed by atoms with van der Waals surface area (Å²) in [6.45, 7) is 4.10. The average Bonchev–Trinajstić information content (AvgIpc) is 2.58. The molecular formula is C18H22N2O4. The number of anilines is 1. The van der Waals surface area contributed by atoms with Crippen LogP contribution in [0.5, 0.6) is 0 Å². The van der Waals surface area contributed by atoms with Gasteiger partial charge < -0.3 is 15.3 Å². The van der Waals surface area contributed by atoms with Crippen molar-refractivity contribution in [1.29, 1.82) is 0 Å². The molecule has 0 radical (unpaired) electrons. The highest BCUT2D eigenvalue weighted by Gasteiger charge is 2.31. The number of carbonyl (C=O) groups is 2. The molecule has 24 heavy (non-hydrogen) atoms. The molecular weight excluding hydrogens is 308 g/mol. The molecule has 0 saturated heterocycles. The van der Waals surface area contributed by atoms with E-state index in [4.69, 9.17) is 4.84 Å². The van der Waals surface area contributed by atoms with Gasteiger partial charge in [0.2, 0.25) is 6.41 Å². The van der Waals surface area contributed by atoms with Crippen LogP contribution in [0.25, 0.3) is 0 Å². The summed E-state index contributed by atoms with van der Waals surface area (Å²) in [6.07, 6.45) is 1.82. The van der Waals surface area contributed by atoms with E-state index in [2.05, 4.69) is 10.5 Å². The van der Waals surface area contributed by atoms with E-state index in [1.165, 1.54) is 0 Å². The number of benzene rings is 1. The minimum Gasteiger partial charge on any atom is -0.511 e. The van der Waals surface area contributed by atoms with E-state index in [0.29, 0.717) is 49.3 Å². The zero-order valence-corrected chi connectivity index (χ0v) is 13.9. The minimum atomic E-state index is -0.126. The van der Waals surface area contributed by atoms with E-state index in [0.717, 1.165) is 5.56 Å². The third kappa shape index (κ3) is 4.01. The first-order chi connectivity index (χ1) is 11.6. The molecule has 0 heterocycles. The van der Waals surface area contributed by atoms with Crippen molar-refractivity contribution in [3.05, 3.63) is 41.2 Å². The number of amides is 1. The molecule has 1 aliphatic carbocycles. The van der Waals surface area contributed by atoms with Gasteiger partial charge in [0.25, 0.3) is 0 Å². The predicted molar refractivity (Wildman–Crippen MR) is 92.1 cm³/mol. The minimum absolute atomic E-state index is 0.0617. The van der Waals surface area contributed by atoms with Crippen molar-refractivity contribution in [1.82, 2.24) is 0 Å². The molecule has 1 aromatic rings. The lowest BCUT2D eigenvalue weighted by Gasteiger charge is -2.24. The lowest BCUT2D eigenvalue weighted by atomic mass is 9.81. The molecule has 0 fully saturated rings. The molecule has 1 atom stereocenters. The summed E-state index contributed by atoms with van der Waals surface area (Å²) < 4.78 is 0. The molecule has 1 unspecified atom stereocenters. The molecule has 0 aliphatic heterocycles. The van der Waals surface area contributed by atoms with Crippen LogP contribution >= 0.6 is 0 Å². The van der Waals surface area contributed by atoms with Gasteiger partial charge in [-0.25, -0.2) is 0 Å². The van der Waals surface area contributed by atoms with Gasteiger partial charge in [0.15, 0.2) is 5.78 Å². The largest absolute Gasteiger partial charge is 0.511 e. The highest BCUT2D eigenvalue weighted by atomic mass is 16.6. The Balaban J connectivity index is 2.22. The Morgan fingerprint density at radius 1 is 1.33 bits per heavy atom. The Morgan fingerprint density at radius 2 is 2.04 bits per heavy atom. The number of hydrogen-bond donors (Lipinski definition) is 2. The van der Waals surface area contributed by atoms with Crippen LogP contribution in [0, 0.1) is 0 Å². The Bertz CT molecular complexity index is 662. The van der Waals surface area contributed by atoms with Gasteiger partial charge in [-0.2, -0.15) is 0 Å². The topological polar surface area (TPSA) is 88.0 Å². The van der Waals surface area contributed by atoms with E-state index in [1.54, 1.807) is 12.1 Å². The number of ketones is 1. The van der Waals surface area contributed by atoms with Gasteiger partial charge in [-0.15, -0.1) is 0 Å². The van der Waals surface area contributed by atoms with Crippen molar-refractivity contribution in [2.24, 2.45) is 5.16 Å². The third-order valence-electron chi connectivity index (χ3n) is 3.97. The predicted octanol–water partition coefficient (Wildman–Crippen LogP) is 3.32. The number of hydrogen-bond acceptors (Lipinski definition) is 5. The van der Waals surface area contributed by atoms with Gasteiger partial charge in [0.05, 0.1) is 11.3 Å². The number of aliphatic hydroxyl groups excluding tert-OH is 1. The standard InChI is InChI=1S/C18H22N2O4/c1-3-15(20-24-4-2)18-16(22)9-13(10-17(18)23)12-5-7-14(8-6-12)19-11-21/h5-8,11,13,22H,3-4,9-10H2,1-2H3,(H,19,21). The van der Waals surface area contributed by atoms with Gasteiger partial charge in [-0.1, -0.05) is 24.2 Å². The molecule has 6 nitrogen and oxygen atoms in total. The summed E-state index contributed by atoms with van der Waals surface area (Å²) in [5.74, 6) is -0.150. The zero-order valence-electron chi connectivity index (χ0n) is 13.9. The monoisotopic (exact) mass is 330 g/mol. The van der Waals surface area contributed by atoms with Crippen molar-refractivity contribution in [2.45, 2.75) is 39.0 Å². The summed E-state index contributed by atoms with van der Waals surface area (Å²) >= 11 is 0. The number of carbonyl (C=O) groups excluding carboxylic acids is 2. The molecule has 0 spiro atoms. The summed E-state index contributed by atoms with van der Waals surface area (Å²) in [6, 6.07) is 7.27. The van der Waals surface area contributed by atoms with Crippen molar-refractivity contribution in [3.8, 4) is 0 Å². The fourth-order valence-corrected chi connectivity index (χ4v) is 2.81. The fourth-order valence-electron chi connectivity index (χ4n) is 2.81. The Morgan fingerprint density at radius 3 is 2.58 bits per heavy atom. The van der Waals surface area contributed by atoms with Crippen LogP contribution in [0.2, 0.25) is 0 Å². The van der Waals surface area contributed by atoms with Gasteiger partial charge in [0, 0.05) is 18.5 Å².